The highest BCUT2D eigenvalue weighted by Crippen LogP contribution is 2.24. The third kappa shape index (κ3) is 6.90. The number of aliphatic carboxylic acids is 1. The van der Waals surface area contributed by atoms with Gasteiger partial charge in [0.05, 0.1) is 0 Å². The summed E-state index contributed by atoms with van der Waals surface area (Å²) in [5.74, 6) is -1.89. The topological polar surface area (TPSA) is 84.9 Å². The van der Waals surface area contributed by atoms with Crippen molar-refractivity contribution in [2.75, 3.05) is 0 Å². The van der Waals surface area contributed by atoms with Crippen LogP contribution in [0.5, 0.6) is 5.75 Å². The number of halogens is 3. The summed E-state index contributed by atoms with van der Waals surface area (Å²) in [5.41, 5.74) is -0.754. The molecule has 1 atom stereocenters. The van der Waals surface area contributed by atoms with Crippen LogP contribution in [0.3, 0.4) is 0 Å². The standard InChI is InChI=1S/C14H16F3NO5/c1-13(2,3)23-12(21)18-10(11(19)20)8-4-6-9(7-5-8)22-14(15,16)17/h4-7,10H,1-3H3,(H,18,21)(H,19,20)/t10-/m1/s1. The van der Waals surface area contributed by atoms with E-state index in [2.05, 4.69) is 10.1 Å². The number of carbonyl (C=O) groups is 2. The third-order valence-electron chi connectivity index (χ3n) is 2.36. The van der Waals surface area contributed by atoms with E-state index in [-0.39, 0.29) is 5.56 Å². The van der Waals surface area contributed by atoms with Crippen LogP contribution in [0, 0.1) is 0 Å². The molecule has 0 radical (unpaired) electrons. The van der Waals surface area contributed by atoms with Gasteiger partial charge in [0.1, 0.15) is 11.4 Å². The van der Waals surface area contributed by atoms with Crippen LogP contribution in [0.2, 0.25) is 0 Å². The number of benzene rings is 1. The Hall–Kier alpha value is -2.45. The van der Waals surface area contributed by atoms with Crippen LogP contribution in [0.1, 0.15) is 32.4 Å². The maximum atomic E-state index is 12.1. The molecule has 1 rings (SSSR count). The second-order valence-electron chi connectivity index (χ2n) is 5.53. The van der Waals surface area contributed by atoms with E-state index in [1.807, 2.05) is 0 Å². The molecule has 0 aliphatic heterocycles. The van der Waals surface area contributed by atoms with Crippen LogP contribution < -0.4 is 10.1 Å². The molecule has 0 heterocycles. The predicted octanol–water partition coefficient (Wildman–Crippen LogP) is 3.24. The first kappa shape index (κ1) is 18.6. The normalized spacial score (nSPS) is 13.1. The SMILES string of the molecule is CC(C)(C)OC(=O)N[C@@H](C(=O)O)c1ccc(OC(F)(F)F)cc1. The van der Waals surface area contributed by atoms with Crippen molar-refractivity contribution >= 4 is 12.1 Å². The first-order chi connectivity index (χ1) is 10.4. The molecule has 0 aliphatic carbocycles. The van der Waals surface area contributed by atoms with Crippen LogP contribution in [-0.2, 0) is 9.53 Å². The molecule has 0 bridgehead atoms. The fourth-order valence-corrected chi connectivity index (χ4v) is 1.58. The van der Waals surface area contributed by atoms with Crippen LogP contribution in [0.4, 0.5) is 18.0 Å². The van der Waals surface area contributed by atoms with Crippen molar-refractivity contribution in [2.24, 2.45) is 0 Å². The van der Waals surface area contributed by atoms with E-state index < -0.39 is 35.8 Å². The van der Waals surface area contributed by atoms with Crippen molar-refractivity contribution in [3.05, 3.63) is 29.8 Å². The lowest BCUT2D eigenvalue weighted by Crippen LogP contribution is -2.38. The summed E-state index contributed by atoms with van der Waals surface area (Å²) in [7, 11) is 0. The Kier molecular flexibility index (Phi) is 5.46. The molecule has 0 fully saturated rings. The molecule has 1 aromatic carbocycles. The Morgan fingerprint density at radius 2 is 1.65 bits per heavy atom. The van der Waals surface area contributed by atoms with E-state index in [1.165, 1.54) is 0 Å². The molecule has 128 valence electrons. The molecule has 1 aromatic rings. The van der Waals surface area contributed by atoms with E-state index in [9.17, 15) is 22.8 Å². The number of hydrogen-bond acceptors (Lipinski definition) is 4. The fraction of sp³-hybridized carbons (Fsp3) is 0.429. The molecule has 0 unspecified atom stereocenters. The summed E-state index contributed by atoms with van der Waals surface area (Å²) < 4.78 is 44.8. The molecule has 0 saturated carbocycles. The number of carbonyl (C=O) groups excluding carboxylic acids is 1. The minimum Gasteiger partial charge on any atom is -0.479 e. The van der Waals surface area contributed by atoms with E-state index >= 15 is 0 Å². The molecular weight excluding hydrogens is 319 g/mol. The number of ether oxygens (including phenoxy) is 2. The van der Waals surface area contributed by atoms with Gasteiger partial charge in [-0.15, -0.1) is 13.2 Å². The fourth-order valence-electron chi connectivity index (χ4n) is 1.58. The van der Waals surface area contributed by atoms with Gasteiger partial charge in [0, 0.05) is 0 Å². The average molecular weight is 335 g/mol. The number of hydrogen-bond donors (Lipinski definition) is 2. The van der Waals surface area contributed by atoms with Gasteiger partial charge in [0.25, 0.3) is 0 Å². The summed E-state index contributed by atoms with van der Waals surface area (Å²) in [4.78, 5) is 22.9. The number of alkyl halides is 3. The summed E-state index contributed by atoms with van der Waals surface area (Å²) in [5, 5.41) is 11.3. The quantitative estimate of drug-likeness (QED) is 0.882. The second kappa shape index (κ2) is 6.76. The van der Waals surface area contributed by atoms with Gasteiger partial charge in [0.2, 0.25) is 0 Å². The molecule has 1 amide bonds. The number of rotatable bonds is 4. The van der Waals surface area contributed by atoms with Gasteiger partial charge >= 0.3 is 18.4 Å². The molecule has 6 nitrogen and oxygen atoms in total. The second-order valence-corrected chi connectivity index (χ2v) is 5.53. The highest BCUT2D eigenvalue weighted by Gasteiger charge is 2.31. The largest absolute Gasteiger partial charge is 0.573 e. The Balaban J connectivity index is 2.86. The highest BCUT2D eigenvalue weighted by atomic mass is 19.4. The van der Waals surface area contributed by atoms with Crippen molar-refractivity contribution in [2.45, 2.75) is 38.8 Å². The monoisotopic (exact) mass is 335 g/mol. The van der Waals surface area contributed by atoms with Crippen molar-refractivity contribution in [3.8, 4) is 5.75 Å². The first-order valence-electron chi connectivity index (χ1n) is 6.45. The molecule has 9 heteroatoms. The van der Waals surface area contributed by atoms with Gasteiger partial charge in [-0.05, 0) is 38.5 Å². The van der Waals surface area contributed by atoms with Gasteiger partial charge in [-0.25, -0.2) is 9.59 Å². The Labute approximate surface area is 130 Å². The Morgan fingerprint density at radius 3 is 2.04 bits per heavy atom. The predicted molar refractivity (Wildman–Crippen MR) is 72.9 cm³/mol. The number of carboxylic acids is 1. The number of nitrogens with one attached hydrogen (secondary N) is 1. The lowest BCUT2D eigenvalue weighted by Gasteiger charge is -2.22. The van der Waals surface area contributed by atoms with Crippen molar-refractivity contribution in [1.29, 1.82) is 0 Å². The van der Waals surface area contributed by atoms with E-state index in [0.29, 0.717) is 0 Å². The lowest BCUT2D eigenvalue weighted by molar-refractivity contribution is -0.274. The van der Waals surface area contributed by atoms with Crippen LogP contribution in [0.25, 0.3) is 0 Å². The number of amides is 1. The Bertz CT molecular complexity index is 563. The minimum atomic E-state index is -4.84. The number of alkyl carbamates (subject to hydrolysis) is 1. The van der Waals surface area contributed by atoms with Gasteiger partial charge < -0.3 is 19.9 Å². The van der Waals surface area contributed by atoms with Crippen molar-refractivity contribution in [1.82, 2.24) is 5.32 Å². The molecule has 0 aromatic heterocycles. The smallest absolute Gasteiger partial charge is 0.479 e. The van der Waals surface area contributed by atoms with E-state index in [4.69, 9.17) is 9.84 Å². The van der Waals surface area contributed by atoms with E-state index in [1.54, 1.807) is 20.8 Å². The molecule has 0 saturated heterocycles. The summed E-state index contributed by atoms with van der Waals surface area (Å²) in [6, 6.07) is 2.66. The summed E-state index contributed by atoms with van der Waals surface area (Å²) >= 11 is 0. The third-order valence-corrected chi connectivity index (χ3v) is 2.36. The minimum absolute atomic E-state index is 0.0675. The van der Waals surface area contributed by atoms with Crippen LogP contribution in [0.15, 0.2) is 24.3 Å². The molecule has 2 N–H and O–H groups in total. The van der Waals surface area contributed by atoms with Gasteiger partial charge in [-0.2, -0.15) is 0 Å². The highest BCUT2D eigenvalue weighted by molar-refractivity contribution is 5.81. The average Bonchev–Trinajstić information content (AvgIpc) is 2.32. The van der Waals surface area contributed by atoms with Crippen LogP contribution in [-0.4, -0.2) is 29.1 Å². The maximum absolute atomic E-state index is 12.1. The zero-order valence-corrected chi connectivity index (χ0v) is 12.6. The molecule has 0 spiro atoms. The first-order valence-corrected chi connectivity index (χ1v) is 6.45. The van der Waals surface area contributed by atoms with Gasteiger partial charge in [-0.1, -0.05) is 12.1 Å². The Morgan fingerprint density at radius 1 is 1.13 bits per heavy atom. The summed E-state index contributed by atoms with van der Waals surface area (Å²) in [6.07, 6.45) is -5.80. The van der Waals surface area contributed by atoms with Gasteiger partial charge in [0.15, 0.2) is 6.04 Å². The van der Waals surface area contributed by atoms with Crippen LogP contribution >= 0.6 is 0 Å². The molecule has 0 aliphatic rings. The zero-order valence-electron chi connectivity index (χ0n) is 12.6. The van der Waals surface area contributed by atoms with E-state index in [0.717, 1.165) is 24.3 Å². The van der Waals surface area contributed by atoms with Gasteiger partial charge in [-0.3, -0.25) is 0 Å². The number of carboxylic acid groups (broad SMARTS) is 1. The van der Waals surface area contributed by atoms with Crippen molar-refractivity contribution < 1.29 is 37.3 Å². The summed E-state index contributed by atoms with van der Waals surface area (Å²) in [6.45, 7) is 4.81. The maximum Gasteiger partial charge on any atom is 0.573 e. The lowest BCUT2D eigenvalue weighted by atomic mass is 10.1. The van der Waals surface area contributed by atoms with Crippen molar-refractivity contribution in [3.63, 3.8) is 0 Å². The molecule has 23 heavy (non-hydrogen) atoms. The molecular formula is C14H16F3NO5. The zero-order chi connectivity index (χ0) is 17.8.